The maximum absolute atomic E-state index is 12.5. The first-order valence-corrected chi connectivity index (χ1v) is 8.91. The third-order valence-corrected chi connectivity index (χ3v) is 4.17. The summed E-state index contributed by atoms with van der Waals surface area (Å²) in [7, 11) is 1.58. The third-order valence-electron chi connectivity index (χ3n) is 3.92. The molecule has 0 atom stereocenters. The number of ether oxygens (including phenoxy) is 1. The number of anilines is 2. The molecule has 2 aromatic carbocycles. The highest BCUT2D eigenvalue weighted by Crippen LogP contribution is 2.16. The van der Waals surface area contributed by atoms with Gasteiger partial charge >= 0.3 is 0 Å². The number of amides is 2. The molecule has 0 bridgehead atoms. The number of pyridine rings is 1. The van der Waals surface area contributed by atoms with Crippen LogP contribution in [0.25, 0.3) is 0 Å². The highest BCUT2D eigenvalue weighted by molar-refractivity contribution is 6.30. The number of halogens is 2. The molecule has 0 spiro atoms. The SMILES string of the molecule is COc1ccc(NC(=O)c2ccc[n+](CC(=O)Nc3ccc(Cl)cc3)c2)cc1.[Cl-]. The molecule has 3 aromatic rings. The van der Waals surface area contributed by atoms with Crippen LogP contribution >= 0.6 is 11.6 Å². The van der Waals surface area contributed by atoms with Gasteiger partial charge in [-0.15, -0.1) is 0 Å². The molecule has 0 fully saturated rings. The molecule has 6 nitrogen and oxygen atoms in total. The van der Waals surface area contributed by atoms with E-state index in [1.807, 2.05) is 0 Å². The van der Waals surface area contributed by atoms with Crippen LogP contribution in [-0.2, 0) is 11.3 Å². The summed E-state index contributed by atoms with van der Waals surface area (Å²) in [6.45, 7) is 0.0757. The fourth-order valence-electron chi connectivity index (χ4n) is 2.53. The number of hydrogen-bond donors (Lipinski definition) is 2. The Morgan fingerprint density at radius 2 is 1.59 bits per heavy atom. The Morgan fingerprint density at radius 1 is 0.966 bits per heavy atom. The molecule has 0 saturated heterocycles. The van der Waals surface area contributed by atoms with E-state index in [9.17, 15) is 9.59 Å². The van der Waals surface area contributed by atoms with E-state index in [1.54, 1.807) is 84.7 Å². The first kappa shape index (κ1) is 22.2. The summed E-state index contributed by atoms with van der Waals surface area (Å²) in [6.07, 6.45) is 3.35. The molecule has 1 aromatic heterocycles. The van der Waals surface area contributed by atoms with Gasteiger partial charge in [-0.25, -0.2) is 0 Å². The molecule has 3 rings (SSSR count). The summed E-state index contributed by atoms with van der Waals surface area (Å²) in [5.74, 6) is 0.236. The number of aromatic nitrogens is 1. The highest BCUT2D eigenvalue weighted by Gasteiger charge is 2.14. The summed E-state index contributed by atoms with van der Waals surface area (Å²) in [6, 6.07) is 17.3. The molecule has 0 saturated carbocycles. The van der Waals surface area contributed by atoms with Crippen LogP contribution in [-0.4, -0.2) is 18.9 Å². The molecule has 0 unspecified atom stereocenters. The van der Waals surface area contributed by atoms with Crippen molar-refractivity contribution in [1.29, 1.82) is 0 Å². The Hall–Kier alpha value is -3.09. The van der Waals surface area contributed by atoms with E-state index in [0.717, 1.165) is 0 Å². The van der Waals surface area contributed by atoms with Crippen molar-refractivity contribution >= 4 is 34.8 Å². The number of methoxy groups -OCH3 is 1. The van der Waals surface area contributed by atoms with Crippen LogP contribution in [0.2, 0.25) is 5.02 Å². The summed E-state index contributed by atoms with van der Waals surface area (Å²) >= 11 is 5.84. The van der Waals surface area contributed by atoms with Gasteiger partial charge in [0.15, 0.2) is 12.4 Å². The van der Waals surface area contributed by atoms with Crippen LogP contribution < -0.4 is 32.3 Å². The monoisotopic (exact) mass is 431 g/mol. The smallest absolute Gasteiger partial charge is 0.290 e. The van der Waals surface area contributed by atoms with Gasteiger partial charge in [-0.3, -0.25) is 9.59 Å². The molecule has 8 heteroatoms. The van der Waals surface area contributed by atoms with E-state index in [0.29, 0.717) is 27.7 Å². The lowest BCUT2D eigenvalue weighted by Crippen LogP contribution is -3.00. The Kier molecular flexibility index (Phi) is 8.00. The van der Waals surface area contributed by atoms with Gasteiger partial charge in [-0.2, -0.15) is 4.57 Å². The van der Waals surface area contributed by atoms with Crippen LogP contribution in [0.5, 0.6) is 5.75 Å². The van der Waals surface area contributed by atoms with E-state index in [-0.39, 0.29) is 30.8 Å². The minimum atomic E-state index is -0.266. The van der Waals surface area contributed by atoms with E-state index in [2.05, 4.69) is 10.6 Å². The topological polar surface area (TPSA) is 71.3 Å². The molecule has 1 heterocycles. The lowest BCUT2D eigenvalue weighted by molar-refractivity contribution is -0.684. The number of rotatable bonds is 6. The predicted molar refractivity (Wildman–Crippen MR) is 108 cm³/mol. The molecular formula is C21H19Cl2N3O3. The van der Waals surface area contributed by atoms with Crippen molar-refractivity contribution in [3.63, 3.8) is 0 Å². The summed E-state index contributed by atoms with van der Waals surface area (Å²) < 4.78 is 6.75. The lowest BCUT2D eigenvalue weighted by atomic mass is 10.2. The first-order chi connectivity index (χ1) is 13.5. The van der Waals surface area contributed by atoms with Gasteiger partial charge in [0.1, 0.15) is 11.3 Å². The summed E-state index contributed by atoms with van der Waals surface area (Å²) in [5, 5.41) is 6.20. The molecule has 2 N–H and O–H groups in total. The van der Waals surface area contributed by atoms with Crippen molar-refractivity contribution in [2.45, 2.75) is 6.54 Å². The number of nitrogens with zero attached hydrogens (tertiary/aromatic N) is 1. The van der Waals surface area contributed by atoms with E-state index in [4.69, 9.17) is 16.3 Å². The van der Waals surface area contributed by atoms with Gasteiger partial charge in [0, 0.05) is 22.5 Å². The Bertz CT molecular complexity index is 977. The van der Waals surface area contributed by atoms with Crippen LogP contribution in [0.3, 0.4) is 0 Å². The van der Waals surface area contributed by atoms with Gasteiger partial charge in [-0.05, 0) is 54.6 Å². The predicted octanol–water partition coefficient (Wildman–Crippen LogP) is 0.531. The number of carbonyl (C=O) groups excluding carboxylic acids is 2. The van der Waals surface area contributed by atoms with Crippen LogP contribution in [0.1, 0.15) is 10.4 Å². The third kappa shape index (κ3) is 6.48. The zero-order valence-corrected chi connectivity index (χ0v) is 17.1. The van der Waals surface area contributed by atoms with Gasteiger partial charge < -0.3 is 27.8 Å². The van der Waals surface area contributed by atoms with E-state index < -0.39 is 0 Å². The quantitative estimate of drug-likeness (QED) is 0.559. The fraction of sp³-hybridized carbons (Fsp3) is 0.0952. The molecule has 0 aliphatic rings. The maximum Gasteiger partial charge on any atom is 0.290 e. The van der Waals surface area contributed by atoms with Crippen LogP contribution in [0.4, 0.5) is 11.4 Å². The van der Waals surface area contributed by atoms with E-state index in [1.165, 1.54) is 0 Å². The normalized spacial score (nSPS) is 9.86. The van der Waals surface area contributed by atoms with Crippen molar-refractivity contribution in [1.82, 2.24) is 0 Å². The van der Waals surface area contributed by atoms with Crippen molar-refractivity contribution in [3.8, 4) is 5.75 Å². The average molecular weight is 432 g/mol. The summed E-state index contributed by atoms with van der Waals surface area (Å²) in [5.41, 5.74) is 1.75. The van der Waals surface area contributed by atoms with Gasteiger partial charge in [-0.1, -0.05) is 11.6 Å². The molecule has 29 heavy (non-hydrogen) atoms. The molecular weight excluding hydrogens is 413 g/mol. The molecule has 0 aliphatic heterocycles. The second-order valence-corrected chi connectivity index (χ2v) is 6.44. The van der Waals surface area contributed by atoms with Crippen molar-refractivity contribution < 1.29 is 31.3 Å². The minimum Gasteiger partial charge on any atom is -1.00 e. The van der Waals surface area contributed by atoms with Crippen LogP contribution in [0, 0.1) is 0 Å². The van der Waals surface area contributed by atoms with E-state index >= 15 is 0 Å². The molecule has 2 amide bonds. The Morgan fingerprint density at radius 3 is 2.24 bits per heavy atom. The molecule has 0 radical (unpaired) electrons. The van der Waals surface area contributed by atoms with Crippen molar-refractivity contribution in [2.24, 2.45) is 0 Å². The van der Waals surface area contributed by atoms with Gasteiger partial charge in [0.2, 0.25) is 6.54 Å². The number of hydrogen-bond acceptors (Lipinski definition) is 3. The molecule has 150 valence electrons. The minimum absolute atomic E-state index is 0. The standard InChI is InChI=1S/C21H18ClN3O3.ClH/c1-28-19-10-8-18(9-11-19)24-21(27)15-3-2-12-25(13-15)14-20(26)23-17-6-4-16(22)5-7-17;/h2-13H,14H2,1H3,(H-,23,24,26,27);1H. The summed E-state index contributed by atoms with van der Waals surface area (Å²) in [4.78, 5) is 24.7. The van der Waals surface area contributed by atoms with Crippen molar-refractivity contribution in [2.75, 3.05) is 17.7 Å². The second-order valence-electron chi connectivity index (χ2n) is 6.00. The molecule has 0 aliphatic carbocycles. The largest absolute Gasteiger partial charge is 1.00 e. The number of carbonyl (C=O) groups is 2. The van der Waals surface area contributed by atoms with Crippen LogP contribution in [0.15, 0.2) is 73.1 Å². The highest BCUT2D eigenvalue weighted by atomic mass is 35.5. The lowest BCUT2D eigenvalue weighted by Gasteiger charge is -2.06. The second kappa shape index (κ2) is 10.5. The Balaban J connectivity index is 0.00000300. The Labute approximate surface area is 179 Å². The first-order valence-electron chi connectivity index (χ1n) is 8.53. The fourth-order valence-corrected chi connectivity index (χ4v) is 2.66. The maximum atomic E-state index is 12.5. The zero-order valence-electron chi connectivity index (χ0n) is 15.6. The van der Waals surface area contributed by atoms with Crippen molar-refractivity contribution in [3.05, 3.63) is 83.6 Å². The van der Waals surface area contributed by atoms with Gasteiger partial charge in [0.05, 0.1) is 7.11 Å². The van der Waals surface area contributed by atoms with Gasteiger partial charge in [0.25, 0.3) is 11.8 Å². The average Bonchev–Trinajstić information content (AvgIpc) is 2.70. The zero-order chi connectivity index (χ0) is 19.9. The number of nitrogens with one attached hydrogen (secondary N) is 2. The number of benzene rings is 2.